The topological polar surface area (TPSA) is 70.8 Å². The first-order valence-electron chi connectivity index (χ1n) is 13.8. The molecule has 0 saturated carbocycles. The van der Waals surface area contributed by atoms with Crippen LogP contribution in [0.5, 0.6) is 0 Å². The van der Waals surface area contributed by atoms with Gasteiger partial charge < -0.3 is 14.7 Å². The highest BCUT2D eigenvalue weighted by Crippen LogP contribution is 2.26. The van der Waals surface area contributed by atoms with Crippen LogP contribution in [0.15, 0.2) is 47.3 Å². The Morgan fingerprint density at radius 1 is 0.895 bits per heavy atom. The number of hydrogen-bond acceptors (Lipinski definition) is 4. The fraction of sp³-hybridized carbons (Fsp3) is 0.500. The van der Waals surface area contributed by atoms with Crippen LogP contribution in [0.2, 0.25) is 0 Å². The van der Waals surface area contributed by atoms with E-state index >= 15 is 0 Å². The third kappa shape index (κ3) is 5.70. The summed E-state index contributed by atoms with van der Waals surface area (Å²) in [7, 11) is 2.06. The SMILES string of the molecule is CCn1c(=O)n(CC)c2cc(C(=O)N3CCN(C)CCCN(C(=O)CC(C)C)c4ccccc4C3)ccc21. The molecule has 8 nitrogen and oxygen atoms in total. The molecule has 1 aromatic heterocycles. The zero-order chi connectivity index (χ0) is 27.4. The van der Waals surface area contributed by atoms with Crippen LogP contribution < -0.4 is 10.6 Å². The molecule has 0 radical (unpaired) electrons. The van der Waals surface area contributed by atoms with E-state index < -0.39 is 0 Å². The van der Waals surface area contributed by atoms with E-state index in [1.807, 2.05) is 66.1 Å². The molecule has 0 N–H and O–H groups in total. The molecule has 38 heavy (non-hydrogen) atoms. The molecule has 0 fully saturated rings. The number of fused-ring (bicyclic) bond motifs is 2. The minimum atomic E-state index is -0.0752. The van der Waals surface area contributed by atoms with E-state index in [-0.39, 0.29) is 23.4 Å². The van der Waals surface area contributed by atoms with Gasteiger partial charge in [-0.05, 0) is 69.6 Å². The van der Waals surface area contributed by atoms with Gasteiger partial charge in [0.1, 0.15) is 0 Å². The molecule has 0 spiro atoms. The van der Waals surface area contributed by atoms with Gasteiger partial charge in [-0.3, -0.25) is 18.7 Å². The normalized spacial score (nSPS) is 15.5. The highest BCUT2D eigenvalue weighted by atomic mass is 16.2. The number of para-hydroxylation sites is 1. The van der Waals surface area contributed by atoms with Crippen molar-refractivity contribution < 1.29 is 9.59 Å². The number of carbonyl (C=O) groups is 2. The predicted octanol–water partition coefficient (Wildman–Crippen LogP) is 4.20. The summed E-state index contributed by atoms with van der Waals surface area (Å²) in [5.41, 5.74) is 3.99. The number of imidazole rings is 1. The molecule has 2 amide bonds. The third-order valence-electron chi connectivity index (χ3n) is 7.39. The van der Waals surface area contributed by atoms with Crippen molar-refractivity contribution in [2.24, 2.45) is 5.92 Å². The summed E-state index contributed by atoms with van der Waals surface area (Å²) in [6.45, 7) is 12.4. The van der Waals surface area contributed by atoms with Gasteiger partial charge in [-0.25, -0.2) is 4.79 Å². The first-order valence-corrected chi connectivity index (χ1v) is 13.8. The Bertz CT molecular complexity index is 1360. The number of aryl methyl sites for hydroxylation is 2. The summed E-state index contributed by atoms with van der Waals surface area (Å²) in [6.07, 6.45) is 1.35. The van der Waals surface area contributed by atoms with E-state index in [9.17, 15) is 14.4 Å². The van der Waals surface area contributed by atoms with Gasteiger partial charge in [0.05, 0.1) is 11.0 Å². The van der Waals surface area contributed by atoms with Crippen molar-refractivity contribution in [3.05, 3.63) is 64.1 Å². The molecule has 0 atom stereocenters. The fourth-order valence-corrected chi connectivity index (χ4v) is 5.35. The lowest BCUT2D eigenvalue weighted by Crippen LogP contribution is -2.37. The lowest BCUT2D eigenvalue weighted by molar-refractivity contribution is -0.119. The summed E-state index contributed by atoms with van der Waals surface area (Å²) >= 11 is 0. The number of anilines is 1. The molecule has 2 aromatic carbocycles. The van der Waals surface area contributed by atoms with E-state index in [4.69, 9.17) is 0 Å². The van der Waals surface area contributed by atoms with E-state index in [1.54, 1.807) is 9.13 Å². The van der Waals surface area contributed by atoms with Crippen LogP contribution in [-0.4, -0.2) is 64.0 Å². The number of carbonyl (C=O) groups excluding carboxylic acids is 2. The highest BCUT2D eigenvalue weighted by Gasteiger charge is 2.24. The Labute approximate surface area is 225 Å². The minimum absolute atomic E-state index is 0.0495. The molecule has 3 aromatic rings. The van der Waals surface area contributed by atoms with Crippen molar-refractivity contribution >= 4 is 28.5 Å². The van der Waals surface area contributed by atoms with E-state index in [0.29, 0.717) is 44.7 Å². The van der Waals surface area contributed by atoms with Crippen molar-refractivity contribution in [3.63, 3.8) is 0 Å². The number of benzene rings is 2. The summed E-state index contributed by atoms with van der Waals surface area (Å²) < 4.78 is 3.47. The van der Waals surface area contributed by atoms with Crippen LogP contribution in [0.25, 0.3) is 11.0 Å². The number of hydrogen-bond donors (Lipinski definition) is 0. The van der Waals surface area contributed by atoms with Crippen LogP contribution in [0.1, 0.15) is 56.5 Å². The van der Waals surface area contributed by atoms with E-state index in [0.717, 1.165) is 41.8 Å². The summed E-state index contributed by atoms with van der Waals surface area (Å²) in [4.78, 5) is 46.1. The summed E-state index contributed by atoms with van der Waals surface area (Å²) in [5.74, 6) is 0.316. The molecule has 1 aliphatic heterocycles. The second-order valence-corrected chi connectivity index (χ2v) is 10.6. The number of amides is 2. The van der Waals surface area contributed by atoms with Gasteiger partial charge >= 0.3 is 5.69 Å². The van der Waals surface area contributed by atoms with Crippen molar-refractivity contribution in [3.8, 4) is 0 Å². The number of rotatable bonds is 5. The molecule has 0 aliphatic carbocycles. The van der Waals surface area contributed by atoms with Crippen LogP contribution >= 0.6 is 0 Å². The number of nitrogens with zero attached hydrogens (tertiary/aromatic N) is 5. The zero-order valence-corrected chi connectivity index (χ0v) is 23.4. The van der Waals surface area contributed by atoms with Crippen LogP contribution in [0.3, 0.4) is 0 Å². The fourth-order valence-electron chi connectivity index (χ4n) is 5.35. The Morgan fingerprint density at radius 3 is 2.32 bits per heavy atom. The Morgan fingerprint density at radius 2 is 1.61 bits per heavy atom. The van der Waals surface area contributed by atoms with Crippen molar-refractivity contribution in [1.29, 1.82) is 0 Å². The zero-order valence-electron chi connectivity index (χ0n) is 23.4. The third-order valence-corrected chi connectivity index (χ3v) is 7.39. The lowest BCUT2D eigenvalue weighted by atomic mass is 10.1. The monoisotopic (exact) mass is 519 g/mol. The molecular formula is C30H41N5O3. The van der Waals surface area contributed by atoms with Crippen molar-refractivity contribution in [1.82, 2.24) is 18.9 Å². The quantitative estimate of drug-likeness (QED) is 0.507. The van der Waals surface area contributed by atoms with Gasteiger partial charge in [0.2, 0.25) is 5.91 Å². The standard InChI is InChI=1S/C30H41N5O3/c1-6-33-26-14-13-23(20-27(26)34(7-2)30(33)38)29(37)32-18-17-31(5)15-10-16-35(28(36)19-22(3)4)25-12-9-8-11-24(25)21-32/h8-9,11-14,20,22H,6-7,10,15-19,21H2,1-5H3. The Hall–Kier alpha value is -3.39. The van der Waals surface area contributed by atoms with Crippen LogP contribution in [0, 0.1) is 5.92 Å². The summed E-state index contributed by atoms with van der Waals surface area (Å²) in [5, 5.41) is 0. The van der Waals surface area contributed by atoms with Crippen LogP contribution in [0.4, 0.5) is 5.69 Å². The van der Waals surface area contributed by atoms with Gasteiger partial charge in [-0.2, -0.15) is 0 Å². The van der Waals surface area contributed by atoms with Crippen molar-refractivity contribution in [2.45, 2.75) is 60.2 Å². The van der Waals surface area contributed by atoms with Gasteiger partial charge in [0.25, 0.3) is 5.91 Å². The molecule has 4 rings (SSSR count). The maximum Gasteiger partial charge on any atom is 0.329 e. The maximum atomic E-state index is 14.0. The second kappa shape index (κ2) is 12.0. The summed E-state index contributed by atoms with van der Waals surface area (Å²) in [6, 6.07) is 13.5. The minimum Gasteiger partial charge on any atom is -0.333 e. The lowest BCUT2D eigenvalue weighted by Gasteiger charge is -2.28. The first-order chi connectivity index (χ1) is 18.2. The van der Waals surface area contributed by atoms with Crippen molar-refractivity contribution in [2.75, 3.05) is 38.1 Å². The number of likely N-dealkylation sites (N-methyl/N-ethyl adjacent to an activating group) is 1. The first kappa shape index (κ1) is 27.6. The second-order valence-electron chi connectivity index (χ2n) is 10.6. The van der Waals surface area contributed by atoms with E-state index in [1.165, 1.54) is 0 Å². The highest BCUT2D eigenvalue weighted by molar-refractivity contribution is 5.98. The smallest absolute Gasteiger partial charge is 0.329 e. The van der Waals surface area contributed by atoms with Gasteiger partial charge in [-0.1, -0.05) is 32.0 Å². The molecule has 0 unspecified atom stereocenters. The molecule has 0 bridgehead atoms. The maximum absolute atomic E-state index is 14.0. The average molecular weight is 520 g/mol. The van der Waals surface area contributed by atoms with E-state index in [2.05, 4.69) is 25.8 Å². The molecule has 0 saturated heterocycles. The average Bonchev–Trinajstić information content (AvgIpc) is 3.15. The molecule has 2 heterocycles. The molecule has 1 aliphatic rings. The van der Waals surface area contributed by atoms with Gasteiger partial charge in [0, 0.05) is 56.9 Å². The Kier molecular flexibility index (Phi) is 8.72. The van der Waals surface area contributed by atoms with Gasteiger partial charge in [-0.15, -0.1) is 0 Å². The van der Waals surface area contributed by atoms with Gasteiger partial charge in [0.15, 0.2) is 0 Å². The number of aromatic nitrogens is 2. The largest absolute Gasteiger partial charge is 0.333 e. The molecule has 204 valence electrons. The molecule has 8 heteroatoms. The molecular weight excluding hydrogens is 478 g/mol. The van der Waals surface area contributed by atoms with Crippen LogP contribution in [-0.2, 0) is 24.4 Å². The predicted molar refractivity (Wildman–Crippen MR) is 153 cm³/mol. The Balaban J connectivity index is 1.73.